The summed E-state index contributed by atoms with van der Waals surface area (Å²) < 4.78 is 0. The fourth-order valence-corrected chi connectivity index (χ4v) is 1.24. The minimum absolute atomic E-state index is 0.180. The third-order valence-corrected chi connectivity index (χ3v) is 2.19. The van der Waals surface area contributed by atoms with E-state index in [4.69, 9.17) is 5.73 Å². The number of nitrogen functional groups attached to an aromatic ring is 1. The third-order valence-electron chi connectivity index (χ3n) is 2.19. The van der Waals surface area contributed by atoms with Crippen LogP contribution in [0.15, 0.2) is 18.2 Å². The molecule has 2 heteroatoms. The minimum atomic E-state index is 0.180. The van der Waals surface area contributed by atoms with Crippen LogP contribution in [0.4, 0.5) is 11.4 Å². The molecule has 0 saturated heterocycles. The standard InChI is InChI=1S/C11H18N2/c1-11(2,3)8-5-6-9(12)10(7-8)13-4/h5-7,13H,12H2,1-4H3. The van der Waals surface area contributed by atoms with Gasteiger partial charge in [0.2, 0.25) is 0 Å². The van der Waals surface area contributed by atoms with Gasteiger partial charge in [0.15, 0.2) is 0 Å². The van der Waals surface area contributed by atoms with Gasteiger partial charge in [-0.1, -0.05) is 26.8 Å². The molecule has 0 aliphatic rings. The second-order valence-electron chi connectivity index (χ2n) is 4.30. The zero-order chi connectivity index (χ0) is 10.1. The van der Waals surface area contributed by atoms with Gasteiger partial charge in [-0.05, 0) is 23.1 Å². The minimum Gasteiger partial charge on any atom is -0.397 e. The third kappa shape index (κ3) is 2.14. The SMILES string of the molecule is CNc1cc(C(C)(C)C)ccc1N. The number of anilines is 2. The predicted molar refractivity (Wildman–Crippen MR) is 59.1 cm³/mol. The molecule has 1 rings (SSSR count). The molecule has 0 atom stereocenters. The van der Waals surface area contributed by atoms with Crippen molar-refractivity contribution < 1.29 is 0 Å². The van der Waals surface area contributed by atoms with Crippen molar-refractivity contribution in [3.63, 3.8) is 0 Å². The highest BCUT2D eigenvalue weighted by atomic mass is 14.8. The molecule has 0 aromatic heterocycles. The highest BCUT2D eigenvalue weighted by Crippen LogP contribution is 2.27. The van der Waals surface area contributed by atoms with Gasteiger partial charge in [0, 0.05) is 7.05 Å². The summed E-state index contributed by atoms with van der Waals surface area (Å²) in [7, 11) is 1.89. The van der Waals surface area contributed by atoms with E-state index in [2.05, 4.69) is 38.2 Å². The summed E-state index contributed by atoms with van der Waals surface area (Å²) >= 11 is 0. The van der Waals surface area contributed by atoms with Gasteiger partial charge in [0.1, 0.15) is 0 Å². The van der Waals surface area contributed by atoms with Crippen molar-refractivity contribution in [2.24, 2.45) is 0 Å². The molecule has 0 radical (unpaired) electrons. The average Bonchev–Trinajstić information content (AvgIpc) is 2.03. The van der Waals surface area contributed by atoms with Crippen LogP contribution in [0.25, 0.3) is 0 Å². The van der Waals surface area contributed by atoms with Crippen molar-refractivity contribution in [1.29, 1.82) is 0 Å². The van der Waals surface area contributed by atoms with Gasteiger partial charge in [-0.25, -0.2) is 0 Å². The van der Waals surface area contributed by atoms with Gasteiger partial charge >= 0.3 is 0 Å². The molecule has 0 bridgehead atoms. The molecule has 1 aromatic rings. The van der Waals surface area contributed by atoms with Crippen LogP contribution in [-0.2, 0) is 5.41 Å². The first-order valence-corrected chi connectivity index (χ1v) is 4.53. The second-order valence-corrected chi connectivity index (χ2v) is 4.30. The Bertz CT molecular complexity index is 297. The molecule has 2 nitrogen and oxygen atoms in total. The van der Waals surface area contributed by atoms with Gasteiger partial charge in [0.25, 0.3) is 0 Å². The van der Waals surface area contributed by atoms with Gasteiger partial charge in [-0.3, -0.25) is 0 Å². The molecular weight excluding hydrogens is 160 g/mol. The van der Waals surface area contributed by atoms with E-state index in [0.29, 0.717) is 0 Å². The Balaban J connectivity index is 3.14. The van der Waals surface area contributed by atoms with Gasteiger partial charge in [0.05, 0.1) is 11.4 Å². The number of benzene rings is 1. The molecule has 0 amide bonds. The maximum atomic E-state index is 5.78. The Morgan fingerprint density at radius 3 is 2.31 bits per heavy atom. The molecule has 13 heavy (non-hydrogen) atoms. The topological polar surface area (TPSA) is 38.0 Å². The average molecular weight is 178 g/mol. The number of hydrogen-bond donors (Lipinski definition) is 2. The molecule has 0 heterocycles. The van der Waals surface area contributed by atoms with Crippen molar-refractivity contribution >= 4 is 11.4 Å². The predicted octanol–water partition coefficient (Wildman–Crippen LogP) is 2.61. The molecule has 0 aliphatic heterocycles. The maximum absolute atomic E-state index is 5.78. The van der Waals surface area contributed by atoms with Crippen molar-refractivity contribution in [3.05, 3.63) is 23.8 Å². The Kier molecular flexibility index (Phi) is 2.50. The van der Waals surface area contributed by atoms with Gasteiger partial charge < -0.3 is 11.1 Å². The first kappa shape index (κ1) is 9.90. The van der Waals surface area contributed by atoms with Crippen LogP contribution >= 0.6 is 0 Å². The molecule has 0 aliphatic carbocycles. The lowest BCUT2D eigenvalue weighted by Crippen LogP contribution is -2.11. The van der Waals surface area contributed by atoms with E-state index < -0.39 is 0 Å². The highest BCUT2D eigenvalue weighted by Gasteiger charge is 2.14. The fraction of sp³-hybridized carbons (Fsp3) is 0.455. The normalized spacial score (nSPS) is 11.4. The number of hydrogen-bond acceptors (Lipinski definition) is 2. The van der Waals surface area contributed by atoms with Gasteiger partial charge in [-0.2, -0.15) is 0 Å². The van der Waals surface area contributed by atoms with E-state index >= 15 is 0 Å². The largest absolute Gasteiger partial charge is 0.397 e. The van der Waals surface area contributed by atoms with Gasteiger partial charge in [-0.15, -0.1) is 0 Å². The summed E-state index contributed by atoms with van der Waals surface area (Å²) in [6, 6.07) is 6.14. The first-order chi connectivity index (χ1) is 5.95. The molecule has 72 valence electrons. The Hall–Kier alpha value is -1.18. The summed E-state index contributed by atoms with van der Waals surface area (Å²) in [6.07, 6.45) is 0. The number of nitrogens with one attached hydrogen (secondary N) is 1. The van der Waals surface area contributed by atoms with Crippen molar-refractivity contribution in [3.8, 4) is 0 Å². The molecule has 0 unspecified atom stereocenters. The van der Waals surface area contributed by atoms with E-state index in [9.17, 15) is 0 Å². The molecule has 0 saturated carbocycles. The van der Waals surface area contributed by atoms with Crippen LogP contribution in [0.2, 0.25) is 0 Å². The quantitative estimate of drug-likeness (QED) is 0.649. The molecule has 3 N–H and O–H groups in total. The lowest BCUT2D eigenvalue weighted by molar-refractivity contribution is 0.590. The smallest absolute Gasteiger partial charge is 0.0574 e. The molecule has 1 aromatic carbocycles. The summed E-state index contributed by atoms with van der Waals surface area (Å²) in [5.41, 5.74) is 9.07. The summed E-state index contributed by atoms with van der Waals surface area (Å²) in [5.74, 6) is 0. The zero-order valence-electron chi connectivity index (χ0n) is 8.81. The molecule has 0 spiro atoms. The fourth-order valence-electron chi connectivity index (χ4n) is 1.24. The van der Waals surface area contributed by atoms with E-state index in [1.54, 1.807) is 0 Å². The van der Waals surface area contributed by atoms with Crippen molar-refractivity contribution in [1.82, 2.24) is 0 Å². The van der Waals surface area contributed by atoms with Crippen LogP contribution in [-0.4, -0.2) is 7.05 Å². The second kappa shape index (κ2) is 3.29. The maximum Gasteiger partial charge on any atom is 0.0574 e. The Morgan fingerprint density at radius 1 is 1.23 bits per heavy atom. The van der Waals surface area contributed by atoms with Crippen LogP contribution < -0.4 is 11.1 Å². The van der Waals surface area contributed by atoms with E-state index in [1.807, 2.05) is 13.1 Å². The van der Waals surface area contributed by atoms with E-state index in [1.165, 1.54) is 5.56 Å². The number of nitrogens with two attached hydrogens (primary N) is 1. The Labute approximate surface area is 80.1 Å². The lowest BCUT2D eigenvalue weighted by Gasteiger charge is -2.20. The molecule has 0 fully saturated rings. The molecular formula is C11H18N2. The van der Waals surface area contributed by atoms with E-state index in [-0.39, 0.29) is 5.41 Å². The summed E-state index contributed by atoms with van der Waals surface area (Å²) in [5, 5.41) is 3.08. The van der Waals surface area contributed by atoms with Crippen LogP contribution in [0.3, 0.4) is 0 Å². The van der Waals surface area contributed by atoms with Crippen LogP contribution in [0.5, 0.6) is 0 Å². The van der Waals surface area contributed by atoms with Crippen molar-refractivity contribution in [2.75, 3.05) is 18.1 Å². The van der Waals surface area contributed by atoms with Crippen LogP contribution in [0.1, 0.15) is 26.3 Å². The summed E-state index contributed by atoms with van der Waals surface area (Å²) in [4.78, 5) is 0. The summed E-state index contributed by atoms with van der Waals surface area (Å²) in [6.45, 7) is 6.58. The van der Waals surface area contributed by atoms with Crippen molar-refractivity contribution in [2.45, 2.75) is 26.2 Å². The van der Waals surface area contributed by atoms with E-state index in [0.717, 1.165) is 11.4 Å². The monoisotopic (exact) mass is 178 g/mol. The number of rotatable bonds is 1. The van der Waals surface area contributed by atoms with Crippen LogP contribution in [0, 0.1) is 0 Å². The first-order valence-electron chi connectivity index (χ1n) is 4.53. The Morgan fingerprint density at radius 2 is 1.85 bits per heavy atom. The zero-order valence-corrected chi connectivity index (χ0v) is 8.81. The lowest BCUT2D eigenvalue weighted by atomic mass is 9.86. The highest BCUT2D eigenvalue weighted by molar-refractivity contribution is 5.67.